The molecule has 0 radical (unpaired) electrons. The maximum atomic E-state index is 13.7. The molecule has 2 atom stereocenters. The molecule has 0 spiro atoms. The molecular formula is C31H29F2N5O2. The zero-order valence-electron chi connectivity index (χ0n) is 22.7. The molecule has 0 unspecified atom stereocenters. The number of ether oxygens (including phenoxy) is 1. The number of pyridine rings is 2. The highest BCUT2D eigenvalue weighted by atomic mass is 19.3. The first-order valence-corrected chi connectivity index (χ1v) is 13.0. The van der Waals surface area contributed by atoms with E-state index in [4.69, 9.17) is 15.0 Å². The van der Waals surface area contributed by atoms with E-state index in [2.05, 4.69) is 11.1 Å². The molecule has 0 saturated carbocycles. The van der Waals surface area contributed by atoms with Crippen molar-refractivity contribution in [1.82, 2.24) is 14.9 Å². The number of alkyl halides is 2. The highest BCUT2D eigenvalue weighted by Crippen LogP contribution is 2.39. The molecule has 1 fully saturated rings. The van der Waals surface area contributed by atoms with Crippen LogP contribution in [-0.2, 0) is 4.79 Å². The van der Waals surface area contributed by atoms with E-state index in [1.165, 1.54) is 4.90 Å². The monoisotopic (exact) mass is 541 g/mol. The van der Waals surface area contributed by atoms with Crippen molar-refractivity contribution in [3.05, 3.63) is 72.6 Å². The van der Waals surface area contributed by atoms with E-state index < -0.39 is 23.9 Å². The first-order chi connectivity index (χ1) is 19.1. The van der Waals surface area contributed by atoms with Crippen molar-refractivity contribution in [2.45, 2.75) is 38.8 Å². The average Bonchev–Trinajstić information content (AvgIpc) is 2.95. The predicted octanol–water partition coefficient (Wildman–Crippen LogP) is 5.92. The minimum atomic E-state index is -3.40. The standard InChI is InChI=1S/C31H29F2N5O2/c1-19-17-37(18-20(2)38(19)30(39)31(3,32)33)27-13-12-23(15-35-27)26-16-36-28-24(6-5-7-25(28)29(26)40-4)22-10-8-21(14-34)9-11-22/h5-13,15-16,19-20H,17-18H2,1-4H3/t19-,20+. The summed E-state index contributed by atoms with van der Waals surface area (Å²) >= 11 is 0. The van der Waals surface area contributed by atoms with Gasteiger partial charge >= 0.3 is 5.92 Å². The molecule has 0 aliphatic carbocycles. The second-order valence-electron chi connectivity index (χ2n) is 10.2. The number of aromatic nitrogens is 2. The number of hydrogen-bond acceptors (Lipinski definition) is 6. The number of carbonyl (C=O) groups is 1. The lowest BCUT2D eigenvalue weighted by molar-refractivity contribution is -0.160. The first-order valence-electron chi connectivity index (χ1n) is 13.0. The van der Waals surface area contributed by atoms with E-state index in [0.29, 0.717) is 37.1 Å². The number of piperazine rings is 1. The van der Waals surface area contributed by atoms with E-state index in [0.717, 1.165) is 33.2 Å². The minimum absolute atomic E-state index is 0.390. The fraction of sp³-hybridized carbons (Fsp3) is 0.290. The highest BCUT2D eigenvalue weighted by Gasteiger charge is 2.43. The third kappa shape index (κ3) is 4.93. The Morgan fingerprint density at radius 1 is 0.975 bits per heavy atom. The number of para-hydroxylation sites is 1. The molecule has 2 aromatic carbocycles. The molecule has 3 heterocycles. The summed E-state index contributed by atoms with van der Waals surface area (Å²) in [4.78, 5) is 25.0. The number of rotatable bonds is 5. The van der Waals surface area contributed by atoms with E-state index in [1.54, 1.807) is 45.5 Å². The Morgan fingerprint density at radius 2 is 1.65 bits per heavy atom. The van der Waals surface area contributed by atoms with Crippen molar-refractivity contribution in [3.63, 3.8) is 0 Å². The van der Waals surface area contributed by atoms with Crippen LogP contribution in [0.5, 0.6) is 5.75 Å². The predicted molar refractivity (Wildman–Crippen MR) is 150 cm³/mol. The minimum Gasteiger partial charge on any atom is -0.495 e. The maximum absolute atomic E-state index is 13.7. The fourth-order valence-corrected chi connectivity index (χ4v) is 5.45. The zero-order valence-corrected chi connectivity index (χ0v) is 22.7. The van der Waals surface area contributed by atoms with Crippen molar-refractivity contribution in [2.75, 3.05) is 25.1 Å². The second-order valence-corrected chi connectivity index (χ2v) is 10.2. The second kappa shape index (κ2) is 10.5. The Hall–Kier alpha value is -4.58. The van der Waals surface area contributed by atoms with Gasteiger partial charge in [0.2, 0.25) is 0 Å². The summed E-state index contributed by atoms with van der Waals surface area (Å²) in [6, 6.07) is 18.5. The van der Waals surface area contributed by atoms with Gasteiger partial charge in [0, 0.05) is 66.6 Å². The SMILES string of the molecule is COc1c(-c2ccc(N3C[C@@H](C)N(C(=O)C(C)(F)F)[C@@H](C)C3)nc2)cnc2c(-c3ccc(C#N)cc3)cccc12. The molecule has 204 valence electrons. The molecule has 40 heavy (non-hydrogen) atoms. The van der Waals surface area contributed by atoms with Crippen molar-refractivity contribution in [1.29, 1.82) is 5.26 Å². The van der Waals surface area contributed by atoms with Crippen LogP contribution in [-0.4, -0.2) is 59.0 Å². The lowest BCUT2D eigenvalue weighted by Gasteiger charge is -2.45. The van der Waals surface area contributed by atoms with Crippen molar-refractivity contribution in [3.8, 4) is 34.1 Å². The van der Waals surface area contributed by atoms with Gasteiger partial charge in [0.15, 0.2) is 0 Å². The van der Waals surface area contributed by atoms with E-state index in [1.807, 2.05) is 47.4 Å². The largest absolute Gasteiger partial charge is 0.495 e. The number of carbonyl (C=O) groups excluding carboxylic acids is 1. The van der Waals surface area contributed by atoms with Crippen LogP contribution in [0.4, 0.5) is 14.6 Å². The van der Waals surface area contributed by atoms with Crippen molar-refractivity contribution < 1.29 is 18.3 Å². The van der Waals surface area contributed by atoms with Gasteiger partial charge in [-0.2, -0.15) is 14.0 Å². The van der Waals surface area contributed by atoms with Crippen molar-refractivity contribution in [2.24, 2.45) is 0 Å². The molecular weight excluding hydrogens is 512 g/mol. The van der Waals surface area contributed by atoms with Gasteiger partial charge in [0.25, 0.3) is 5.91 Å². The van der Waals surface area contributed by atoms with Crippen LogP contribution in [0.1, 0.15) is 26.3 Å². The molecule has 4 aromatic rings. The lowest BCUT2D eigenvalue weighted by Crippen LogP contribution is -2.61. The molecule has 0 N–H and O–H groups in total. The summed E-state index contributed by atoms with van der Waals surface area (Å²) in [7, 11) is 1.62. The number of halogens is 2. The summed E-state index contributed by atoms with van der Waals surface area (Å²) in [5.74, 6) is -3.17. The third-order valence-electron chi connectivity index (χ3n) is 7.29. The highest BCUT2D eigenvalue weighted by molar-refractivity contribution is 6.00. The molecule has 7 nitrogen and oxygen atoms in total. The van der Waals surface area contributed by atoms with Crippen LogP contribution < -0.4 is 9.64 Å². The molecule has 1 saturated heterocycles. The summed E-state index contributed by atoms with van der Waals surface area (Å²) in [6.07, 6.45) is 3.52. The van der Waals surface area contributed by atoms with Gasteiger partial charge in [0.05, 0.1) is 24.3 Å². The Morgan fingerprint density at radius 3 is 2.23 bits per heavy atom. The van der Waals surface area contributed by atoms with Crippen molar-refractivity contribution >= 4 is 22.6 Å². The third-order valence-corrected chi connectivity index (χ3v) is 7.29. The molecule has 9 heteroatoms. The Labute approximate surface area is 231 Å². The van der Waals surface area contributed by atoms with Crippen LogP contribution >= 0.6 is 0 Å². The number of nitriles is 1. The normalized spacial score (nSPS) is 17.5. The van der Waals surface area contributed by atoms with Gasteiger partial charge in [0.1, 0.15) is 11.6 Å². The fourth-order valence-electron chi connectivity index (χ4n) is 5.45. The molecule has 1 amide bonds. The van der Waals surface area contributed by atoms with E-state index >= 15 is 0 Å². The average molecular weight is 542 g/mol. The molecule has 0 bridgehead atoms. The van der Waals surface area contributed by atoms with Crippen LogP contribution in [0.3, 0.4) is 0 Å². The number of benzene rings is 2. The van der Waals surface area contributed by atoms with Gasteiger partial charge in [-0.15, -0.1) is 0 Å². The van der Waals surface area contributed by atoms with E-state index in [9.17, 15) is 13.6 Å². The van der Waals surface area contributed by atoms with Gasteiger partial charge in [-0.3, -0.25) is 9.78 Å². The number of amides is 1. The maximum Gasteiger partial charge on any atom is 0.322 e. The van der Waals surface area contributed by atoms with Gasteiger partial charge in [-0.1, -0.05) is 24.3 Å². The quantitative estimate of drug-likeness (QED) is 0.312. The summed E-state index contributed by atoms with van der Waals surface area (Å²) in [6.45, 7) is 5.00. The Kier molecular flexibility index (Phi) is 7.11. The topological polar surface area (TPSA) is 82.3 Å². The van der Waals surface area contributed by atoms with Gasteiger partial charge in [-0.05, 0) is 49.7 Å². The number of fused-ring (bicyclic) bond motifs is 1. The van der Waals surface area contributed by atoms with Crippen LogP contribution in [0.25, 0.3) is 33.2 Å². The first kappa shape index (κ1) is 27.0. The number of anilines is 1. The van der Waals surface area contributed by atoms with Gasteiger partial charge in [-0.25, -0.2) is 4.98 Å². The summed E-state index contributed by atoms with van der Waals surface area (Å²) in [5.41, 5.74) is 4.86. The molecule has 2 aromatic heterocycles. The number of nitrogens with zero attached hydrogens (tertiary/aromatic N) is 5. The summed E-state index contributed by atoms with van der Waals surface area (Å²) < 4.78 is 33.3. The van der Waals surface area contributed by atoms with Gasteiger partial charge < -0.3 is 14.5 Å². The Balaban J connectivity index is 1.43. The number of methoxy groups -OCH3 is 1. The molecule has 1 aliphatic heterocycles. The van der Waals surface area contributed by atoms with Crippen LogP contribution in [0.2, 0.25) is 0 Å². The smallest absolute Gasteiger partial charge is 0.322 e. The molecule has 5 rings (SSSR count). The zero-order chi connectivity index (χ0) is 28.6. The Bertz CT molecular complexity index is 1580. The van der Waals surface area contributed by atoms with E-state index in [-0.39, 0.29) is 0 Å². The van der Waals surface area contributed by atoms with Crippen LogP contribution in [0, 0.1) is 11.3 Å². The summed E-state index contributed by atoms with van der Waals surface area (Å²) in [5, 5.41) is 9.97. The molecule has 1 aliphatic rings. The lowest BCUT2D eigenvalue weighted by atomic mass is 9.98. The van der Waals surface area contributed by atoms with Crippen LogP contribution in [0.15, 0.2) is 67.0 Å². The number of hydrogen-bond donors (Lipinski definition) is 0.